The number of aryl methyl sites for hydroxylation is 1. The lowest BCUT2D eigenvalue weighted by molar-refractivity contribution is -0.127. The van der Waals surface area contributed by atoms with E-state index in [0.717, 1.165) is 17.1 Å². The first-order valence-corrected chi connectivity index (χ1v) is 11.8. The van der Waals surface area contributed by atoms with Crippen LogP contribution in [-0.4, -0.2) is 45.0 Å². The molecule has 9 heteroatoms. The summed E-state index contributed by atoms with van der Waals surface area (Å²) in [5.74, 6) is 2.32. The molecule has 0 fully saturated rings. The highest BCUT2D eigenvalue weighted by Crippen LogP contribution is 2.30. The summed E-state index contributed by atoms with van der Waals surface area (Å²) in [6, 6.07) is 17.5. The minimum Gasteiger partial charge on any atom is -0.494 e. The topological polar surface area (TPSA) is 73.4 Å². The molecular weight excluding hydrogens is 455 g/mol. The van der Waals surface area contributed by atoms with Gasteiger partial charge in [0.2, 0.25) is 5.91 Å². The first-order chi connectivity index (χ1) is 16.5. The van der Waals surface area contributed by atoms with E-state index in [1.165, 1.54) is 17.8 Å². The van der Waals surface area contributed by atoms with Crippen molar-refractivity contribution >= 4 is 17.7 Å². The second kappa shape index (κ2) is 10.6. The van der Waals surface area contributed by atoms with E-state index in [2.05, 4.69) is 10.2 Å². The number of amides is 1. The van der Waals surface area contributed by atoms with E-state index in [1.54, 1.807) is 34.7 Å². The van der Waals surface area contributed by atoms with Gasteiger partial charge >= 0.3 is 0 Å². The number of thioether (sulfide) groups is 1. The Kier molecular flexibility index (Phi) is 7.32. The van der Waals surface area contributed by atoms with Gasteiger partial charge in [0.05, 0.1) is 24.6 Å². The van der Waals surface area contributed by atoms with Crippen LogP contribution in [0, 0.1) is 12.7 Å². The average Bonchev–Trinajstić information content (AvgIpc) is 3.44. The standard InChI is InChI=1S/C25H25FN4O3S/c1-4-32-19-13-10-18(11-14-19)24-27-28-25(30(24)22-8-6-5-7-21(22)26)34-16-23(31)29(3)15-20-12-9-17(2)33-20/h5-14H,4,15-16H2,1-3H3. The van der Waals surface area contributed by atoms with E-state index in [4.69, 9.17) is 9.15 Å². The molecular formula is C25H25FN4O3S. The zero-order chi connectivity index (χ0) is 24.1. The lowest BCUT2D eigenvalue weighted by Gasteiger charge is -2.16. The molecule has 2 aromatic carbocycles. The number of rotatable bonds is 9. The second-order valence-electron chi connectivity index (χ2n) is 7.60. The molecule has 0 aliphatic heterocycles. The molecule has 4 rings (SSSR count). The van der Waals surface area contributed by atoms with Crippen molar-refractivity contribution < 1.29 is 18.3 Å². The molecule has 0 saturated heterocycles. The van der Waals surface area contributed by atoms with Crippen LogP contribution in [0.5, 0.6) is 5.75 Å². The van der Waals surface area contributed by atoms with Gasteiger partial charge in [-0.25, -0.2) is 4.39 Å². The lowest BCUT2D eigenvalue weighted by atomic mass is 10.2. The number of ether oxygens (including phenoxy) is 1. The summed E-state index contributed by atoms with van der Waals surface area (Å²) >= 11 is 1.21. The van der Waals surface area contributed by atoms with Gasteiger partial charge in [0, 0.05) is 12.6 Å². The summed E-state index contributed by atoms with van der Waals surface area (Å²) in [6.07, 6.45) is 0. The van der Waals surface area contributed by atoms with Crippen LogP contribution < -0.4 is 4.74 Å². The van der Waals surface area contributed by atoms with Crippen LogP contribution in [-0.2, 0) is 11.3 Å². The van der Waals surface area contributed by atoms with Gasteiger partial charge in [-0.05, 0) is 62.4 Å². The molecule has 176 valence electrons. The summed E-state index contributed by atoms with van der Waals surface area (Å²) in [7, 11) is 1.72. The molecule has 0 radical (unpaired) electrons. The van der Waals surface area contributed by atoms with E-state index < -0.39 is 5.82 Å². The highest BCUT2D eigenvalue weighted by molar-refractivity contribution is 7.99. The molecule has 2 aromatic heterocycles. The number of carbonyl (C=O) groups is 1. The molecule has 0 unspecified atom stereocenters. The number of aromatic nitrogens is 3. The Morgan fingerprint density at radius 1 is 1.12 bits per heavy atom. The molecule has 0 saturated carbocycles. The summed E-state index contributed by atoms with van der Waals surface area (Å²) < 4.78 is 27.5. The van der Waals surface area contributed by atoms with Gasteiger partial charge in [0.15, 0.2) is 11.0 Å². The van der Waals surface area contributed by atoms with E-state index in [-0.39, 0.29) is 11.7 Å². The maximum Gasteiger partial charge on any atom is 0.233 e. The quantitative estimate of drug-likeness (QED) is 0.310. The molecule has 4 aromatic rings. The molecule has 0 N–H and O–H groups in total. The Labute approximate surface area is 201 Å². The maximum atomic E-state index is 14.8. The third-order valence-corrected chi connectivity index (χ3v) is 6.00. The van der Waals surface area contributed by atoms with Crippen LogP contribution >= 0.6 is 11.8 Å². The first kappa shape index (κ1) is 23.6. The Balaban J connectivity index is 1.58. The summed E-state index contributed by atoms with van der Waals surface area (Å²) in [6.45, 7) is 4.71. The Morgan fingerprint density at radius 3 is 2.56 bits per heavy atom. The summed E-state index contributed by atoms with van der Waals surface area (Å²) in [5, 5.41) is 9.01. The van der Waals surface area contributed by atoms with E-state index in [1.807, 2.05) is 50.2 Å². The Hall–Kier alpha value is -3.59. The van der Waals surface area contributed by atoms with Crippen molar-refractivity contribution in [1.82, 2.24) is 19.7 Å². The number of hydrogen-bond acceptors (Lipinski definition) is 6. The van der Waals surface area contributed by atoms with Gasteiger partial charge in [-0.1, -0.05) is 23.9 Å². The zero-order valence-corrected chi connectivity index (χ0v) is 20.0. The van der Waals surface area contributed by atoms with Gasteiger partial charge < -0.3 is 14.1 Å². The fourth-order valence-electron chi connectivity index (χ4n) is 3.40. The van der Waals surface area contributed by atoms with E-state index in [0.29, 0.717) is 35.6 Å². The molecule has 0 spiro atoms. The van der Waals surface area contributed by atoms with Gasteiger partial charge in [-0.2, -0.15) is 0 Å². The molecule has 2 heterocycles. The fraction of sp³-hybridized carbons (Fsp3) is 0.240. The summed E-state index contributed by atoms with van der Waals surface area (Å²) in [5.41, 5.74) is 1.06. The van der Waals surface area contributed by atoms with Crippen molar-refractivity contribution in [2.24, 2.45) is 0 Å². The molecule has 0 bridgehead atoms. The molecule has 0 aliphatic rings. The predicted octanol–water partition coefficient (Wildman–Crippen LogP) is 5.12. The molecule has 0 atom stereocenters. The number of hydrogen-bond donors (Lipinski definition) is 0. The smallest absolute Gasteiger partial charge is 0.233 e. The van der Waals surface area contributed by atoms with Crippen LogP contribution in [0.3, 0.4) is 0 Å². The highest BCUT2D eigenvalue weighted by atomic mass is 32.2. The van der Waals surface area contributed by atoms with Crippen LogP contribution in [0.4, 0.5) is 4.39 Å². The number of para-hydroxylation sites is 1. The lowest BCUT2D eigenvalue weighted by Crippen LogP contribution is -2.27. The van der Waals surface area contributed by atoms with Gasteiger partial charge in [-0.3, -0.25) is 9.36 Å². The highest BCUT2D eigenvalue weighted by Gasteiger charge is 2.20. The van der Waals surface area contributed by atoms with Crippen molar-refractivity contribution in [3.63, 3.8) is 0 Å². The normalized spacial score (nSPS) is 10.9. The molecule has 0 aliphatic carbocycles. The largest absolute Gasteiger partial charge is 0.494 e. The number of nitrogens with zero attached hydrogens (tertiary/aromatic N) is 4. The molecule has 7 nitrogen and oxygen atoms in total. The van der Waals surface area contributed by atoms with Gasteiger partial charge in [-0.15, -0.1) is 10.2 Å². The third kappa shape index (κ3) is 5.31. The third-order valence-electron chi connectivity index (χ3n) is 5.09. The Bertz CT molecular complexity index is 1270. The molecule has 1 amide bonds. The van der Waals surface area contributed by atoms with Crippen LogP contribution in [0.15, 0.2) is 70.2 Å². The SMILES string of the molecule is CCOc1ccc(-c2nnc(SCC(=O)N(C)Cc3ccc(C)o3)n2-c2ccccc2F)cc1. The van der Waals surface area contributed by atoms with E-state index >= 15 is 0 Å². The number of halogens is 1. The number of benzene rings is 2. The second-order valence-corrected chi connectivity index (χ2v) is 8.54. The van der Waals surface area contributed by atoms with E-state index in [9.17, 15) is 9.18 Å². The number of furan rings is 1. The fourth-order valence-corrected chi connectivity index (χ4v) is 4.28. The van der Waals surface area contributed by atoms with Crippen molar-refractivity contribution in [3.05, 3.63) is 78.0 Å². The van der Waals surface area contributed by atoms with Crippen molar-refractivity contribution in [3.8, 4) is 22.8 Å². The van der Waals surface area contributed by atoms with Crippen LogP contribution in [0.2, 0.25) is 0 Å². The maximum absolute atomic E-state index is 14.8. The predicted molar refractivity (Wildman–Crippen MR) is 129 cm³/mol. The number of carbonyl (C=O) groups excluding carboxylic acids is 1. The van der Waals surface area contributed by atoms with Gasteiger partial charge in [0.1, 0.15) is 23.1 Å². The van der Waals surface area contributed by atoms with Crippen LogP contribution in [0.1, 0.15) is 18.4 Å². The van der Waals surface area contributed by atoms with Crippen molar-refractivity contribution in [1.29, 1.82) is 0 Å². The molecule has 34 heavy (non-hydrogen) atoms. The van der Waals surface area contributed by atoms with Crippen molar-refractivity contribution in [2.45, 2.75) is 25.5 Å². The first-order valence-electron chi connectivity index (χ1n) is 10.8. The Morgan fingerprint density at radius 2 is 1.88 bits per heavy atom. The van der Waals surface area contributed by atoms with Crippen LogP contribution in [0.25, 0.3) is 17.1 Å². The average molecular weight is 481 g/mol. The minimum absolute atomic E-state index is 0.107. The monoisotopic (exact) mass is 480 g/mol. The zero-order valence-electron chi connectivity index (χ0n) is 19.2. The minimum atomic E-state index is -0.409. The van der Waals surface area contributed by atoms with Gasteiger partial charge in [0.25, 0.3) is 0 Å². The summed E-state index contributed by atoms with van der Waals surface area (Å²) in [4.78, 5) is 14.3. The van der Waals surface area contributed by atoms with Crippen molar-refractivity contribution in [2.75, 3.05) is 19.4 Å².